The van der Waals surface area contributed by atoms with Crippen LogP contribution < -0.4 is 4.90 Å². The molecular formula is C29H24F3N3O2STe. The van der Waals surface area contributed by atoms with Crippen molar-refractivity contribution in [2.24, 2.45) is 0 Å². The molecule has 3 aliphatic rings. The van der Waals surface area contributed by atoms with E-state index in [0.29, 0.717) is 19.4 Å². The number of amides is 2. The second-order valence-corrected chi connectivity index (χ2v) is 12.8. The van der Waals surface area contributed by atoms with Gasteiger partial charge in [-0.3, -0.25) is 0 Å². The Kier molecular flexibility index (Phi) is 5.59. The van der Waals surface area contributed by atoms with Gasteiger partial charge in [0, 0.05) is 0 Å². The number of nitrogens with zero attached hydrogens (tertiary/aromatic N) is 3. The van der Waals surface area contributed by atoms with Crippen molar-refractivity contribution in [3.63, 3.8) is 0 Å². The van der Waals surface area contributed by atoms with Gasteiger partial charge in [0.1, 0.15) is 0 Å². The van der Waals surface area contributed by atoms with Crippen LogP contribution in [-0.4, -0.2) is 67.5 Å². The van der Waals surface area contributed by atoms with E-state index in [9.17, 15) is 9.59 Å². The Bertz CT molecular complexity index is 1630. The molecule has 4 heterocycles. The van der Waals surface area contributed by atoms with Gasteiger partial charge in [-0.25, -0.2) is 0 Å². The SMILES string of the molecule is CN1C(=O)C(=Cc2cc3c(s2)N2c4ccccc4C(C)(C)c4cccc(c42)C3(C)C(F)(F)F)C(=O)N(C)C1=[Te]. The molecule has 6 rings (SSSR count). The van der Waals surface area contributed by atoms with E-state index in [1.54, 1.807) is 48.1 Å². The summed E-state index contributed by atoms with van der Waals surface area (Å²) in [6, 6.07) is 14.5. The molecular weight excluding hydrogens is 639 g/mol. The van der Waals surface area contributed by atoms with Crippen LogP contribution in [0.4, 0.5) is 29.5 Å². The average molecular weight is 663 g/mol. The molecule has 10 heteroatoms. The fraction of sp³-hybridized carbons (Fsp3) is 0.276. The van der Waals surface area contributed by atoms with Gasteiger partial charge in [-0.2, -0.15) is 0 Å². The number of hydrogen-bond acceptors (Lipinski definition) is 4. The first kappa shape index (κ1) is 26.3. The maximum atomic E-state index is 15.1. The number of carbonyl (C=O) groups excluding carboxylic acids is 2. The van der Waals surface area contributed by atoms with Crippen LogP contribution in [0.15, 0.2) is 54.1 Å². The first-order valence-corrected chi connectivity index (χ1v) is 14.3. The van der Waals surface area contributed by atoms with Gasteiger partial charge in [-0.15, -0.1) is 0 Å². The number of alkyl halides is 3. The summed E-state index contributed by atoms with van der Waals surface area (Å²) < 4.78 is 45.9. The van der Waals surface area contributed by atoms with Crippen LogP contribution in [0.25, 0.3) is 6.08 Å². The molecule has 1 atom stereocenters. The van der Waals surface area contributed by atoms with Crippen molar-refractivity contribution in [1.29, 1.82) is 0 Å². The summed E-state index contributed by atoms with van der Waals surface area (Å²) in [5.41, 5.74) is 0.595. The van der Waals surface area contributed by atoms with E-state index in [1.807, 2.05) is 49.1 Å². The monoisotopic (exact) mass is 665 g/mol. The molecule has 0 aliphatic carbocycles. The van der Waals surface area contributed by atoms with Crippen molar-refractivity contribution < 1.29 is 22.8 Å². The van der Waals surface area contributed by atoms with Crippen LogP contribution in [0.5, 0.6) is 0 Å². The topological polar surface area (TPSA) is 43.9 Å². The van der Waals surface area contributed by atoms with Crippen LogP contribution in [0, 0.1) is 0 Å². The average Bonchev–Trinajstić information content (AvgIpc) is 3.32. The number of hydrogen-bond donors (Lipinski definition) is 0. The number of para-hydroxylation sites is 2. The Hall–Kier alpha value is -2.93. The summed E-state index contributed by atoms with van der Waals surface area (Å²) in [7, 11) is 3.14. The number of likely N-dealkylation sites (N-methyl/N-ethyl adjacent to an activating group) is 2. The minimum atomic E-state index is -4.60. The van der Waals surface area contributed by atoms with E-state index in [0.717, 1.165) is 28.2 Å². The van der Waals surface area contributed by atoms with Gasteiger partial charge in [0.15, 0.2) is 0 Å². The Balaban J connectivity index is 1.65. The number of fused-ring (bicyclic) bond motifs is 4. The molecule has 0 saturated carbocycles. The predicted octanol–water partition coefficient (Wildman–Crippen LogP) is 5.61. The van der Waals surface area contributed by atoms with Crippen molar-refractivity contribution >= 4 is 71.2 Å². The van der Waals surface area contributed by atoms with E-state index < -0.39 is 28.8 Å². The first-order valence-electron chi connectivity index (χ1n) is 12.3. The van der Waals surface area contributed by atoms with Crippen molar-refractivity contribution in [3.05, 3.63) is 81.2 Å². The summed E-state index contributed by atoms with van der Waals surface area (Å²) in [4.78, 5) is 31.1. The van der Waals surface area contributed by atoms with Crippen LogP contribution >= 0.6 is 11.3 Å². The third kappa shape index (κ3) is 3.35. The first-order chi connectivity index (χ1) is 18.2. The van der Waals surface area contributed by atoms with Crippen LogP contribution in [0.3, 0.4) is 0 Å². The van der Waals surface area contributed by atoms with Crippen molar-refractivity contribution in [1.82, 2.24) is 9.80 Å². The normalized spacial score (nSPS) is 21.6. The Labute approximate surface area is 240 Å². The second-order valence-electron chi connectivity index (χ2n) is 10.7. The zero-order valence-electron chi connectivity index (χ0n) is 21.8. The molecule has 2 aromatic carbocycles. The van der Waals surface area contributed by atoms with E-state index in [4.69, 9.17) is 0 Å². The molecule has 1 fully saturated rings. The fourth-order valence-corrected chi connectivity index (χ4v) is 7.63. The number of rotatable bonds is 1. The third-order valence-corrected chi connectivity index (χ3v) is 10.9. The molecule has 1 unspecified atom stereocenters. The van der Waals surface area contributed by atoms with E-state index in [2.05, 4.69) is 0 Å². The molecule has 3 aromatic rings. The van der Waals surface area contributed by atoms with Gasteiger partial charge in [0.2, 0.25) is 0 Å². The van der Waals surface area contributed by atoms with Gasteiger partial charge < -0.3 is 0 Å². The molecule has 1 aromatic heterocycles. The van der Waals surface area contributed by atoms with E-state index in [1.165, 1.54) is 28.9 Å². The minimum absolute atomic E-state index is 0.0852. The zero-order valence-corrected chi connectivity index (χ0v) is 25.0. The predicted molar refractivity (Wildman–Crippen MR) is 148 cm³/mol. The second kappa shape index (κ2) is 8.29. The van der Waals surface area contributed by atoms with E-state index in [-0.39, 0.29) is 16.7 Å². The van der Waals surface area contributed by atoms with Gasteiger partial charge in [0.05, 0.1) is 0 Å². The Morgan fingerprint density at radius 2 is 1.46 bits per heavy atom. The molecule has 3 aliphatic heterocycles. The standard InChI is InChI=1S/C29H24F3N3O2STe/c1-27(2)17-9-6-7-12-21(17)35-22-18(27)10-8-11-19(22)28(3,29(30,31)32)20-14-15(38-25(20)35)13-16-23(36)33(4)26(39)34(5)24(16)37/h6-14H,1-5H3. The number of carbonyl (C=O) groups is 2. The summed E-state index contributed by atoms with van der Waals surface area (Å²) in [5.74, 6) is -0.974. The molecule has 39 heavy (non-hydrogen) atoms. The maximum absolute atomic E-state index is 15.1. The van der Waals surface area contributed by atoms with Crippen molar-refractivity contribution in [2.75, 3.05) is 19.0 Å². The molecule has 0 spiro atoms. The molecule has 1 saturated heterocycles. The van der Waals surface area contributed by atoms with Crippen LogP contribution in [0.1, 0.15) is 47.9 Å². The van der Waals surface area contributed by atoms with Crippen molar-refractivity contribution in [2.45, 2.75) is 37.8 Å². The molecule has 0 radical (unpaired) electrons. The van der Waals surface area contributed by atoms with Gasteiger partial charge in [-0.05, 0) is 0 Å². The number of anilines is 3. The fourth-order valence-electron chi connectivity index (χ4n) is 5.93. The van der Waals surface area contributed by atoms with Gasteiger partial charge >= 0.3 is 222 Å². The number of halogens is 3. The summed E-state index contributed by atoms with van der Waals surface area (Å²) in [6.45, 7) is 5.30. The molecule has 0 N–H and O–H groups in total. The van der Waals surface area contributed by atoms with Crippen LogP contribution in [0.2, 0.25) is 0 Å². The number of benzene rings is 2. The molecule has 0 bridgehead atoms. The summed E-state index contributed by atoms with van der Waals surface area (Å²) in [6.07, 6.45) is -3.17. The van der Waals surface area contributed by atoms with Crippen molar-refractivity contribution in [3.8, 4) is 0 Å². The summed E-state index contributed by atoms with van der Waals surface area (Å²) >= 11 is 2.74. The quantitative estimate of drug-likeness (QED) is 0.193. The number of thiophene rings is 1. The Morgan fingerprint density at radius 3 is 2.10 bits per heavy atom. The Morgan fingerprint density at radius 1 is 0.872 bits per heavy atom. The zero-order chi connectivity index (χ0) is 28.2. The third-order valence-electron chi connectivity index (χ3n) is 8.26. The molecule has 200 valence electrons. The molecule has 5 nitrogen and oxygen atoms in total. The van der Waals surface area contributed by atoms with Crippen LogP contribution in [-0.2, 0) is 20.4 Å². The van der Waals surface area contributed by atoms with E-state index >= 15 is 13.2 Å². The summed E-state index contributed by atoms with van der Waals surface area (Å²) in [5, 5.41) is 0.435. The van der Waals surface area contributed by atoms with Gasteiger partial charge in [-0.1, -0.05) is 19.9 Å². The van der Waals surface area contributed by atoms with Gasteiger partial charge in [0.25, 0.3) is 0 Å². The molecule has 2 amide bonds.